The Bertz CT molecular complexity index is 433. The lowest BCUT2D eigenvalue weighted by atomic mass is 9.70. The van der Waals surface area contributed by atoms with Crippen molar-refractivity contribution in [3.05, 3.63) is 11.9 Å². The predicted octanol–water partition coefficient (Wildman–Crippen LogP) is 1.52. The van der Waals surface area contributed by atoms with Crippen LogP contribution in [0.4, 0.5) is 0 Å². The van der Waals surface area contributed by atoms with Crippen LogP contribution in [0.5, 0.6) is 5.75 Å². The fourth-order valence-corrected chi connectivity index (χ4v) is 2.83. The number of hydrogen-bond donors (Lipinski definition) is 1. The first kappa shape index (κ1) is 13.1. The molecule has 2 N–H and O–H groups in total. The number of rotatable bonds is 4. The summed E-state index contributed by atoms with van der Waals surface area (Å²) in [4.78, 5) is 12.8. The third kappa shape index (κ3) is 2.03. The minimum absolute atomic E-state index is 0.0848. The molecule has 0 bridgehead atoms. The van der Waals surface area contributed by atoms with Crippen LogP contribution in [0.3, 0.4) is 0 Å². The van der Waals surface area contributed by atoms with Crippen LogP contribution < -0.4 is 10.5 Å². The van der Waals surface area contributed by atoms with Gasteiger partial charge in [-0.2, -0.15) is 5.10 Å². The number of nitrogens with two attached hydrogens (primary N) is 1. The summed E-state index contributed by atoms with van der Waals surface area (Å²) >= 11 is 0. The van der Waals surface area contributed by atoms with Crippen molar-refractivity contribution in [2.45, 2.75) is 32.1 Å². The number of aryl methyl sites for hydroxylation is 1. The van der Waals surface area contributed by atoms with Crippen molar-refractivity contribution in [2.24, 2.45) is 18.2 Å². The minimum Gasteiger partial charge on any atom is -0.493 e. The zero-order valence-corrected chi connectivity index (χ0v) is 11.1. The average molecular weight is 251 g/mol. The quantitative estimate of drug-likeness (QED) is 0.824. The van der Waals surface area contributed by atoms with Gasteiger partial charge in [-0.25, -0.2) is 0 Å². The lowest BCUT2D eigenvalue weighted by molar-refractivity contribution is 0.0715. The Hall–Kier alpha value is -1.36. The van der Waals surface area contributed by atoms with E-state index in [0.717, 1.165) is 25.7 Å². The molecule has 1 heterocycles. The summed E-state index contributed by atoms with van der Waals surface area (Å²) in [6, 6.07) is 0. The summed E-state index contributed by atoms with van der Waals surface area (Å²) in [5.41, 5.74) is 6.02. The number of carbonyl (C=O) groups is 1. The highest BCUT2D eigenvalue weighted by molar-refractivity contribution is 6.01. The van der Waals surface area contributed by atoms with Gasteiger partial charge >= 0.3 is 0 Å². The maximum atomic E-state index is 12.8. The maximum absolute atomic E-state index is 12.8. The van der Waals surface area contributed by atoms with E-state index in [1.807, 2.05) is 0 Å². The third-order valence-corrected chi connectivity index (χ3v) is 4.02. The van der Waals surface area contributed by atoms with Crippen molar-refractivity contribution in [1.82, 2.24) is 9.78 Å². The second-order valence-electron chi connectivity index (χ2n) is 5.06. The zero-order chi connectivity index (χ0) is 13.2. The van der Waals surface area contributed by atoms with Crippen molar-refractivity contribution in [3.8, 4) is 5.75 Å². The van der Waals surface area contributed by atoms with Gasteiger partial charge in [0.1, 0.15) is 5.69 Å². The van der Waals surface area contributed by atoms with Crippen molar-refractivity contribution in [3.63, 3.8) is 0 Å². The standard InChI is InChI=1S/C13H21N3O2/c1-16-11(10(18-2)8-15-16)12(17)13(9-14)6-4-3-5-7-13/h8H,3-7,9,14H2,1-2H3. The van der Waals surface area contributed by atoms with Crippen LogP contribution in [-0.4, -0.2) is 29.2 Å². The molecule has 18 heavy (non-hydrogen) atoms. The lowest BCUT2D eigenvalue weighted by Crippen LogP contribution is -2.41. The molecule has 0 spiro atoms. The molecule has 0 aliphatic heterocycles. The number of methoxy groups -OCH3 is 1. The molecule has 1 fully saturated rings. The molecule has 100 valence electrons. The van der Waals surface area contributed by atoms with Gasteiger partial charge < -0.3 is 10.5 Å². The first-order chi connectivity index (χ1) is 8.64. The molecule has 0 unspecified atom stereocenters. The number of ketones is 1. The number of aromatic nitrogens is 2. The molecule has 1 aromatic rings. The van der Waals surface area contributed by atoms with E-state index in [1.54, 1.807) is 25.0 Å². The van der Waals surface area contributed by atoms with Gasteiger partial charge in [-0.05, 0) is 12.8 Å². The molecular formula is C13H21N3O2. The molecule has 1 aromatic heterocycles. The van der Waals surface area contributed by atoms with Crippen LogP contribution >= 0.6 is 0 Å². The fourth-order valence-electron chi connectivity index (χ4n) is 2.83. The summed E-state index contributed by atoms with van der Waals surface area (Å²) in [7, 11) is 3.33. The Morgan fingerprint density at radius 3 is 2.72 bits per heavy atom. The molecule has 2 rings (SSSR count). The number of nitrogens with zero attached hydrogens (tertiary/aromatic N) is 2. The SMILES string of the molecule is COc1cnn(C)c1C(=O)C1(CN)CCCCC1. The van der Waals surface area contributed by atoms with E-state index in [0.29, 0.717) is 18.0 Å². The van der Waals surface area contributed by atoms with E-state index in [1.165, 1.54) is 6.42 Å². The predicted molar refractivity (Wildman–Crippen MR) is 68.7 cm³/mol. The van der Waals surface area contributed by atoms with Gasteiger partial charge in [0.2, 0.25) is 0 Å². The molecule has 1 aliphatic rings. The van der Waals surface area contributed by atoms with Crippen LogP contribution in [-0.2, 0) is 7.05 Å². The molecule has 0 atom stereocenters. The van der Waals surface area contributed by atoms with Crippen molar-refractivity contribution >= 4 is 5.78 Å². The Morgan fingerprint density at radius 2 is 2.17 bits per heavy atom. The first-order valence-corrected chi connectivity index (χ1v) is 6.45. The van der Waals surface area contributed by atoms with E-state index in [4.69, 9.17) is 10.5 Å². The molecule has 1 aliphatic carbocycles. The molecular weight excluding hydrogens is 230 g/mol. The topological polar surface area (TPSA) is 70.1 Å². The van der Waals surface area contributed by atoms with Crippen molar-refractivity contribution < 1.29 is 9.53 Å². The highest BCUT2D eigenvalue weighted by atomic mass is 16.5. The van der Waals surface area contributed by atoms with Gasteiger partial charge in [0, 0.05) is 19.0 Å². The normalized spacial score (nSPS) is 18.6. The van der Waals surface area contributed by atoms with Crippen molar-refractivity contribution in [1.29, 1.82) is 0 Å². The van der Waals surface area contributed by atoms with E-state index in [9.17, 15) is 4.79 Å². The number of carbonyl (C=O) groups excluding carboxylic acids is 1. The van der Waals surface area contributed by atoms with Crippen LogP contribution in [0.25, 0.3) is 0 Å². The molecule has 0 amide bonds. The summed E-state index contributed by atoms with van der Waals surface area (Å²) < 4.78 is 6.81. The van der Waals surface area contributed by atoms with Crippen LogP contribution in [0.2, 0.25) is 0 Å². The van der Waals surface area contributed by atoms with Crippen LogP contribution in [0.15, 0.2) is 6.20 Å². The lowest BCUT2D eigenvalue weighted by Gasteiger charge is -2.34. The first-order valence-electron chi connectivity index (χ1n) is 6.45. The monoisotopic (exact) mass is 251 g/mol. The second kappa shape index (κ2) is 5.10. The summed E-state index contributed by atoms with van der Waals surface area (Å²) in [5, 5.41) is 4.10. The van der Waals surface area contributed by atoms with Gasteiger partial charge in [0.15, 0.2) is 11.5 Å². The molecule has 0 radical (unpaired) electrons. The zero-order valence-electron chi connectivity index (χ0n) is 11.1. The highest BCUT2D eigenvalue weighted by Crippen LogP contribution is 2.39. The Labute approximate surface area is 107 Å². The van der Waals surface area contributed by atoms with E-state index in [-0.39, 0.29) is 5.78 Å². The number of ether oxygens (including phenoxy) is 1. The molecule has 0 saturated heterocycles. The van der Waals surface area contributed by atoms with Gasteiger partial charge in [-0.1, -0.05) is 19.3 Å². The summed E-state index contributed by atoms with van der Waals surface area (Å²) in [5.74, 6) is 0.627. The molecule has 1 saturated carbocycles. The minimum atomic E-state index is -0.417. The van der Waals surface area contributed by atoms with Gasteiger partial charge in [-0.3, -0.25) is 9.48 Å². The van der Waals surface area contributed by atoms with Gasteiger partial charge in [0.25, 0.3) is 0 Å². The molecule has 5 nitrogen and oxygen atoms in total. The van der Waals surface area contributed by atoms with E-state index in [2.05, 4.69) is 5.10 Å². The largest absolute Gasteiger partial charge is 0.493 e. The molecule has 0 aromatic carbocycles. The smallest absolute Gasteiger partial charge is 0.192 e. The second-order valence-corrected chi connectivity index (χ2v) is 5.06. The average Bonchev–Trinajstić information content (AvgIpc) is 2.79. The van der Waals surface area contributed by atoms with Crippen LogP contribution in [0, 0.1) is 5.41 Å². The summed E-state index contributed by atoms with van der Waals surface area (Å²) in [6.07, 6.45) is 6.66. The highest BCUT2D eigenvalue weighted by Gasteiger charge is 2.41. The van der Waals surface area contributed by atoms with Crippen LogP contribution in [0.1, 0.15) is 42.6 Å². The molecule has 5 heteroatoms. The third-order valence-electron chi connectivity index (χ3n) is 4.02. The number of hydrogen-bond acceptors (Lipinski definition) is 4. The van der Waals surface area contributed by atoms with Gasteiger partial charge in [-0.15, -0.1) is 0 Å². The maximum Gasteiger partial charge on any atom is 0.192 e. The Morgan fingerprint density at radius 1 is 1.50 bits per heavy atom. The Balaban J connectivity index is 2.36. The van der Waals surface area contributed by atoms with E-state index < -0.39 is 5.41 Å². The Kier molecular flexibility index (Phi) is 3.71. The van der Waals surface area contributed by atoms with Crippen molar-refractivity contribution in [2.75, 3.05) is 13.7 Å². The fraction of sp³-hybridized carbons (Fsp3) is 0.692. The number of Topliss-reactive ketones (excluding diaryl/α,β-unsaturated/α-hetero) is 1. The van der Waals surface area contributed by atoms with Gasteiger partial charge in [0.05, 0.1) is 13.3 Å². The summed E-state index contributed by atoms with van der Waals surface area (Å²) in [6.45, 7) is 0.403. The van der Waals surface area contributed by atoms with E-state index >= 15 is 0 Å².